The first-order valence-corrected chi connectivity index (χ1v) is 10.2. The molecule has 4 rings (SSSR count). The van der Waals surface area contributed by atoms with Gasteiger partial charge in [0.15, 0.2) is 5.16 Å². The van der Waals surface area contributed by atoms with Crippen molar-refractivity contribution in [2.24, 2.45) is 7.05 Å². The van der Waals surface area contributed by atoms with Gasteiger partial charge in [-0.05, 0) is 29.7 Å². The Morgan fingerprint density at radius 1 is 1.08 bits per heavy atom. The molecule has 0 atom stereocenters. The Kier molecular flexibility index (Phi) is 4.66. The molecule has 0 aliphatic carbocycles. The van der Waals surface area contributed by atoms with E-state index in [-0.39, 0.29) is 5.56 Å². The van der Waals surface area contributed by atoms with E-state index in [1.807, 2.05) is 36.4 Å². The van der Waals surface area contributed by atoms with Gasteiger partial charge < -0.3 is 0 Å². The Labute approximate surface area is 160 Å². The SMILES string of the molecule is Cc1ccccc1CSc1nc2cc(-c3ccccc3)sc2c(=O)n1C. The molecule has 5 heteroatoms. The fourth-order valence-electron chi connectivity index (χ4n) is 2.82. The van der Waals surface area contributed by atoms with Crippen LogP contribution in [0.3, 0.4) is 0 Å². The van der Waals surface area contributed by atoms with Gasteiger partial charge in [0.05, 0.1) is 5.52 Å². The smallest absolute Gasteiger partial charge is 0.271 e. The average molecular weight is 379 g/mol. The summed E-state index contributed by atoms with van der Waals surface area (Å²) in [7, 11) is 1.80. The van der Waals surface area contributed by atoms with Crippen LogP contribution in [0, 0.1) is 6.92 Å². The van der Waals surface area contributed by atoms with Crippen molar-refractivity contribution in [1.82, 2.24) is 9.55 Å². The van der Waals surface area contributed by atoms with Crippen molar-refractivity contribution in [3.8, 4) is 10.4 Å². The van der Waals surface area contributed by atoms with Crippen LogP contribution in [-0.2, 0) is 12.8 Å². The Morgan fingerprint density at radius 3 is 2.58 bits per heavy atom. The minimum absolute atomic E-state index is 0.0227. The van der Waals surface area contributed by atoms with E-state index in [1.165, 1.54) is 22.5 Å². The van der Waals surface area contributed by atoms with E-state index in [2.05, 4.69) is 31.2 Å². The van der Waals surface area contributed by atoms with Crippen LogP contribution in [0.4, 0.5) is 0 Å². The first-order valence-electron chi connectivity index (χ1n) is 8.37. The molecule has 26 heavy (non-hydrogen) atoms. The van der Waals surface area contributed by atoms with Crippen molar-refractivity contribution < 1.29 is 0 Å². The first-order chi connectivity index (χ1) is 12.6. The maximum atomic E-state index is 12.8. The fourth-order valence-corrected chi connectivity index (χ4v) is 4.95. The molecule has 0 N–H and O–H groups in total. The molecule has 0 amide bonds. The molecular formula is C21H18N2OS2. The zero-order chi connectivity index (χ0) is 18.1. The van der Waals surface area contributed by atoms with Gasteiger partial charge in [-0.3, -0.25) is 9.36 Å². The molecule has 0 spiro atoms. The lowest BCUT2D eigenvalue weighted by molar-refractivity contribution is 0.728. The van der Waals surface area contributed by atoms with Gasteiger partial charge in [0.2, 0.25) is 0 Å². The number of nitrogens with zero attached hydrogens (tertiary/aromatic N) is 2. The fraction of sp³-hybridized carbons (Fsp3) is 0.143. The first kappa shape index (κ1) is 17.1. The summed E-state index contributed by atoms with van der Waals surface area (Å²) in [6, 6.07) is 20.5. The van der Waals surface area contributed by atoms with Gasteiger partial charge in [-0.25, -0.2) is 4.98 Å². The zero-order valence-electron chi connectivity index (χ0n) is 14.6. The third-order valence-electron chi connectivity index (χ3n) is 4.39. The summed E-state index contributed by atoms with van der Waals surface area (Å²) in [6.07, 6.45) is 0. The van der Waals surface area contributed by atoms with E-state index < -0.39 is 0 Å². The van der Waals surface area contributed by atoms with Crippen molar-refractivity contribution in [2.45, 2.75) is 17.8 Å². The second-order valence-electron chi connectivity index (χ2n) is 6.16. The maximum absolute atomic E-state index is 12.8. The summed E-state index contributed by atoms with van der Waals surface area (Å²) in [5.74, 6) is 0.800. The van der Waals surface area contributed by atoms with E-state index in [0.29, 0.717) is 4.70 Å². The highest BCUT2D eigenvalue weighted by Gasteiger charge is 2.13. The van der Waals surface area contributed by atoms with Gasteiger partial charge >= 0.3 is 0 Å². The van der Waals surface area contributed by atoms with E-state index in [1.54, 1.807) is 23.4 Å². The number of fused-ring (bicyclic) bond motifs is 1. The van der Waals surface area contributed by atoms with Crippen molar-refractivity contribution in [3.05, 3.63) is 82.1 Å². The van der Waals surface area contributed by atoms with Crippen molar-refractivity contribution in [1.29, 1.82) is 0 Å². The normalized spacial score (nSPS) is 11.2. The average Bonchev–Trinajstić information content (AvgIpc) is 3.10. The Bertz CT molecular complexity index is 1130. The molecule has 2 heterocycles. The molecule has 0 saturated carbocycles. The maximum Gasteiger partial charge on any atom is 0.271 e. The summed E-state index contributed by atoms with van der Waals surface area (Å²) < 4.78 is 2.38. The number of hydrogen-bond acceptors (Lipinski definition) is 4. The summed E-state index contributed by atoms with van der Waals surface area (Å²) in [4.78, 5) is 18.6. The lowest BCUT2D eigenvalue weighted by Gasteiger charge is -2.08. The van der Waals surface area contributed by atoms with Gasteiger partial charge in [-0.1, -0.05) is 66.4 Å². The van der Waals surface area contributed by atoms with E-state index in [0.717, 1.165) is 26.9 Å². The van der Waals surface area contributed by atoms with Gasteiger partial charge in [-0.2, -0.15) is 0 Å². The minimum Gasteiger partial charge on any atom is -0.290 e. The quantitative estimate of drug-likeness (QED) is 0.359. The molecule has 0 saturated heterocycles. The number of hydrogen-bond donors (Lipinski definition) is 0. The molecule has 2 aromatic heterocycles. The number of thiophene rings is 1. The molecule has 0 fully saturated rings. The predicted octanol–water partition coefficient (Wildman–Crippen LogP) is 5.26. The number of benzene rings is 2. The largest absolute Gasteiger partial charge is 0.290 e. The van der Waals surface area contributed by atoms with Crippen LogP contribution in [0.1, 0.15) is 11.1 Å². The van der Waals surface area contributed by atoms with Gasteiger partial charge in [-0.15, -0.1) is 11.3 Å². The third kappa shape index (κ3) is 3.20. The standard InChI is InChI=1S/C21H18N2OS2/c1-14-8-6-7-11-16(14)13-25-21-22-17-12-18(15-9-4-3-5-10-15)26-19(17)20(24)23(21)2/h3-12H,13H2,1-2H3. The Morgan fingerprint density at radius 2 is 1.81 bits per heavy atom. The number of thioether (sulfide) groups is 1. The van der Waals surface area contributed by atoms with Gasteiger partial charge in [0.1, 0.15) is 4.70 Å². The molecule has 0 radical (unpaired) electrons. The van der Waals surface area contributed by atoms with Gasteiger partial charge in [0.25, 0.3) is 5.56 Å². The highest BCUT2D eigenvalue weighted by Crippen LogP contribution is 2.32. The molecule has 3 nitrogen and oxygen atoms in total. The summed E-state index contributed by atoms with van der Waals surface area (Å²) in [5, 5.41) is 0.753. The highest BCUT2D eigenvalue weighted by molar-refractivity contribution is 7.98. The predicted molar refractivity (Wildman–Crippen MR) is 111 cm³/mol. The summed E-state index contributed by atoms with van der Waals surface area (Å²) >= 11 is 3.12. The molecule has 0 aliphatic rings. The van der Waals surface area contributed by atoms with E-state index in [4.69, 9.17) is 4.98 Å². The van der Waals surface area contributed by atoms with Crippen LogP contribution in [0.5, 0.6) is 0 Å². The van der Waals surface area contributed by atoms with Crippen LogP contribution >= 0.6 is 23.1 Å². The Balaban J connectivity index is 1.71. The third-order valence-corrected chi connectivity index (χ3v) is 6.63. The van der Waals surface area contributed by atoms with Crippen molar-refractivity contribution >= 4 is 33.3 Å². The molecule has 130 valence electrons. The van der Waals surface area contributed by atoms with E-state index >= 15 is 0 Å². The van der Waals surface area contributed by atoms with Crippen molar-refractivity contribution in [2.75, 3.05) is 0 Å². The lowest BCUT2D eigenvalue weighted by Crippen LogP contribution is -2.18. The summed E-state index contributed by atoms with van der Waals surface area (Å²) in [5.41, 5.74) is 4.44. The number of aromatic nitrogens is 2. The second-order valence-corrected chi connectivity index (χ2v) is 8.16. The van der Waals surface area contributed by atoms with Crippen LogP contribution in [0.2, 0.25) is 0 Å². The molecule has 0 unspecified atom stereocenters. The van der Waals surface area contributed by atoms with Crippen molar-refractivity contribution in [3.63, 3.8) is 0 Å². The molecular weight excluding hydrogens is 360 g/mol. The zero-order valence-corrected chi connectivity index (χ0v) is 16.2. The van der Waals surface area contributed by atoms with E-state index in [9.17, 15) is 4.79 Å². The van der Waals surface area contributed by atoms with Crippen LogP contribution in [-0.4, -0.2) is 9.55 Å². The number of rotatable bonds is 4. The van der Waals surface area contributed by atoms with Crippen LogP contribution in [0.25, 0.3) is 20.7 Å². The van der Waals surface area contributed by atoms with Gasteiger partial charge in [0, 0.05) is 17.7 Å². The second kappa shape index (κ2) is 7.09. The monoisotopic (exact) mass is 378 g/mol. The number of aryl methyl sites for hydroxylation is 1. The summed E-state index contributed by atoms with van der Waals surface area (Å²) in [6.45, 7) is 2.11. The highest BCUT2D eigenvalue weighted by atomic mass is 32.2. The molecule has 0 aliphatic heterocycles. The minimum atomic E-state index is 0.0227. The Hall–Kier alpha value is -2.37. The van der Waals surface area contributed by atoms with Crippen LogP contribution < -0.4 is 5.56 Å². The molecule has 2 aromatic carbocycles. The topological polar surface area (TPSA) is 34.9 Å². The molecule has 4 aromatic rings. The van der Waals surface area contributed by atoms with Crippen LogP contribution in [0.15, 0.2) is 70.6 Å². The lowest BCUT2D eigenvalue weighted by atomic mass is 10.1. The molecule has 0 bridgehead atoms.